The van der Waals surface area contributed by atoms with Crippen molar-refractivity contribution in [3.05, 3.63) is 0 Å². The van der Waals surface area contributed by atoms with Crippen LogP contribution >= 0.6 is 0 Å². The first-order valence-corrected chi connectivity index (χ1v) is 4.23. The monoisotopic (exact) mass is 188 g/mol. The minimum Gasteiger partial charge on any atom is -0.396 e. The number of aliphatic hydroxyl groups excluding tert-OH is 1. The van der Waals surface area contributed by atoms with Crippen LogP contribution in [0.5, 0.6) is 0 Å². The van der Waals surface area contributed by atoms with Gasteiger partial charge in [-0.25, -0.2) is 0 Å². The molecule has 0 aromatic carbocycles. The molecule has 76 valence electrons. The summed E-state index contributed by atoms with van der Waals surface area (Å²) in [6, 6.07) is 0.0715. The summed E-state index contributed by atoms with van der Waals surface area (Å²) in [5.74, 6) is -0.539. The van der Waals surface area contributed by atoms with E-state index >= 15 is 0 Å². The van der Waals surface area contributed by atoms with Crippen molar-refractivity contribution in [2.75, 3.05) is 13.2 Å². The molecular weight excluding hydrogens is 172 g/mol. The average Bonchev–Trinajstić information content (AvgIpc) is 2.00. The molecule has 2 amide bonds. The van der Waals surface area contributed by atoms with Crippen LogP contribution in [-0.2, 0) is 9.59 Å². The van der Waals surface area contributed by atoms with Crippen molar-refractivity contribution in [1.29, 1.82) is 0 Å². The fourth-order valence-corrected chi connectivity index (χ4v) is 0.742. The van der Waals surface area contributed by atoms with E-state index in [1.165, 1.54) is 0 Å². The Kier molecular flexibility index (Phi) is 5.88. The van der Waals surface area contributed by atoms with Crippen LogP contribution in [0.1, 0.15) is 20.3 Å². The lowest BCUT2D eigenvalue weighted by Crippen LogP contribution is -2.39. The number of aliphatic hydroxyl groups is 1. The van der Waals surface area contributed by atoms with Gasteiger partial charge in [0, 0.05) is 12.5 Å². The van der Waals surface area contributed by atoms with E-state index in [0.29, 0.717) is 0 Å². The van der Waals surface area contributed by atoms with Gasteiger partial charge >= 0.3 is 0 Å². The summed E-state index contributed by atoms with van der Waals surface area (Å²) >= 11 is 0. The Labute approximate surface area is 77.5 Å². The Balaban J connectivity index is 3.52. The van der Waals surface area contributed by atoms with Gasteiger partial charge in [-0.15, -0.1) is 0 Å². The second-order valence-electron chi connectivity index (χ2n) is 2.97. The third-order valence-corrected chi connectivity index (χ3v) is 1.23. The highest BCUT2D eigenvalue weighted by Gasteiger charge is 2.05. The minimum atomic E-state index is -0.318. The van der Waals surface area contributed by atoms with Gasteiger partial charge < -0.3 is 15.7 Å². The van der Waals surface area contributed by atoms with E-state index in [0.717, 1.165) is 0 Å². The summed E-state index contributed by atoms with van der Waals surface area (Å²) in [7, 11) is 0. The molecule has 0 aliphatic carbocycles. The van der Waals surface area contributed by atoms with Crippen molar-refractivity contribution < 1.29 is 14.7 Å². The zero-order valence-corrected chi connectivity index (χ0v) is 7.96. The first kappa shape index (κ1) is 11.9. The van der Waals surface area contributed by atoms with Gasteiger partial charge in [-0.2, -0.15) is 0 Å². The van der Waals surface area contributed by atoms with Crippen molar-refractivity contribution in [1.82, 2.24) is 10.6 Å². The summed E-state index contributed by atoms with van der Waals surface area (Å²) in [5, 5.41) is 13.4. The van der Waals surface area contributed by atoms with E-state index < -0.39 is 0 Å². The molecule has 13 heavy (non-hydrogen) atoms. The standard InChI is InChI=1S/C8H16N2O3/c1-6(2)10-8(13)5-9-7(12)3-4-11/h6,11H,3-5H2,1-2H3,(H,9,12)(H,10,13). The summed E-state index contributed by atoms with van der Waals surface area (Å²) in [4.78, 5) is 21.8. The molecule has 0 fully saturated rings. The Bertz CT molecular complexity index is 180. The largest absolute Gasteiger partial charge is 0.396 e. The predicted molar refractivity (Wildman–Crippen MR) is 48.0 cm³/mol. The summed E-state index contributed by atoms with van der Waals surface area (Å²) < 4.78 is 0. The van der Waals surface area contributed by atoms with Crippen LogP contribution in [0.2, 0.25) is 0 Å². The molecule has 0 saturated carbocycles. The van der Waals surface area contributed by atoms with Crippen molar-refractivity contribution in [3.8, 4) is 0 Å². The van der Waals surface area contributed by atoms with E-state index in [4.69, 9.17) is 5.11 Å². The SMILES string of the molecule is CC(C)NC(=O)CNC(=O)CCO. The smallest absolute Gasteiger partial charge is 0.239 e. The van der Waals surface area contributed by atoms with Gasteiger partial charge in [0.2, 0.25) is 11.8 Å². The van der Waals surface area contributed by atoms with E-state index in [-0.39, 0.29) is 37.4 Å². The van der Waals surface area contributed by atoms with Crippen LogP contribution in [0.3, 0.4) is 0 Å². The maximum absolute atomic E-state index is 11.0. The van der Waals surface area contributed by atoms with E-state index in [9.17, 15) is 9.59 Å². The third kappa shape index (κ3) is 7.27. The molecule has 0 heterocycles. The lowest BCUT2D eigenvalue weighted by atomic mass is 10.4. The fourth-order valence-electron chi connectivity index (χ4n) is 0.742. The quantitative estimate of drug-likeness (QED) is 0.518. The molecule has 0 aliphatic heterocycles. The number of hydrogen-bond donors (Lipinski definition) is 3. The normalized spacial score (nSPS) is 9.85. The Morgan fingerprint density at radius 1 is 1.31 bits per heavy atom. The van der Waals surface area contributed by atoms with E-state index in [1.807, 2.05) is 13.8 Å². The second-order valence-corrected chi connectivity index (χ2v) is 2.97. The molecule has 0 unspecified atom stereocenters. The zero-order chi connectivity index (χ0) is 10.3. The molecule has 0 saturated heterocycles. The van der Waals surface area contributed by atoms with Gasteiger partial charge in [-0.3, -0.25) is 9.59 Å². The molecule has 0 aromatic rings. The fraction of sp³-hybridized carbons (Fsp3) is 0.750. The molecule has 0 rings (SSSR count). The molecule has 0 spiro atoms. The van der Waals surface area contributed by atoms with Gasteiger partial charge in [0.25, 0.3) is 0 Å². The minimum absolute atomic E-state index is 0.0307. The van der Waals surface area contributed by atoms with Gasteiger partial charge in [0.05, 0.1) is 13.2 Å². The summed E-state index contributed by atoms with van der Waals surface area (Å²) in [6.45, 7) is 3.45. The predicted octanol–water partition coefficient (Wildman–Crippen LogP) is -0.990. The van der Waals surface area contributed by atoms with E-state index in [1.54, 1.807) is 0 Å². The number of hydrogen-bond acceptors (Lipinski definition) is 3. The summed E-state index contributed by atoms with van der Waals surface area (Å²) in [5.41, 5.74) is 0. The molecule has 0 bridgehead atoms. The van der Waals surface area contributed by atoms with Crippen LogP contribution in [0.4, 0.5) is 0 Å². The topological polar surface area (TPSA) is 78.4 Å². The number of amides is 2. The first-order chi connectivity index (χ1) is 6.06. The van der Waals surface area contributed by atoms with Crippen LogP contribution in [0.25, 0.3) is 0 Å². The third-order valence-electron chi connectivity index (χ3n) is 1.23. The highest BCUT2D eigenvalue weighted by atomic mass is 16.3. The first-order valence-electron chi connectivity index (χ1n) is 4.23. The van der Waals surface area contributed by atoms with Gasteiger partial charge in [0.1, 0.15) is 0 Å². The van der Waals surface area contributed by atoms with Gasteiger partial charge in [-0.1, -0.05) is 0 Å². The van der Waals surface area contributed by atoms with Gasteiger partial charge in [-0.05, 0) is 13.8 Å². The zero-order valence-electron chi connectivity index (χ0n) is 7.96. The van der Waals surface area contributed by atoms with Gasteiger partial charge in [0.15, 0.2) is 0 Å². The number of nitrogens with one attached hydrogen (secondary N) is 2. The molecule has 0 aliphatic rings. The maximum atomic E-state index is 11.0. The average molecular weight is 188 g/mol. The van der Waals surface area contributed by atoms with Crippen molar-refractivity contribution >= 4 is 11.8 Å². The second kappa shape index (κ2) is 6.42. The number of carbonyl (C=O) groups excluding carboxylic acids is 2. The maximum Gasteiger partial charge on any atom is 0.239 e. The molecule has 3 N–H and O–H groups in total. The highest BCUT2D eigenvalue weighted by Crippen LogP contribution is 1.78. The molecule has 0 atom stereocenters. The molecule has 5 heteroatoms. The van der Waals surface area contributed by atoms with Crippen molar-refractivity contribution in [2.45, 2.75) is 26.3 Å². The van der Waals surface area contributed by atoms with Crippen LogP contribution in [0.15, 0.2) is 0 Å². The molecule has 0 aromatic heterocycles. The van der Waals surface area contributed by atoms with E-state index in [2.05, 4.69) is 10.6 Å². The van der Waals surface area contributed by atoms with Crippen LogP contribution in [-0.4, -0.2) is 36.1 Å². The lowest BCUT2D eigenvalue weighted by molar-refractivity contribution is -0.126. The Morgan fingerprint density at radius 3 is 2.38 bits per heavy atom. The van der Waals surface area contributed by atoms with Crippen LogP contribution < -0.4 is 10.6 Å². The van der Waals surface area contributed by atoms with Crippen molar-refractivity contribution in [2.24, 2.45) is 0 Å². The van der Waals surface area contributed by atoms with Crippen LogP contribution in [0, 0.1) is 0 Å². The highest BCUT2D eigenvalue weighted by molar-refractivity contribution is 5.84. The lowest BCUT2D eigenvalue weighted by Gasteiger charge is -2.08. The Hall–Kier alpha value is -1.10. The molecular formula is C8H16N2O3. The Morgan fingerprint density at radius 2 is 1.92 bits per heavy atom. The molecule has 5 nitrogen and oxygen atoms in total. The number of carbonyl (C=O) groups is 2. The summed E-state index contributed by atoms with van der Waals surface area (Å²) in [6.07, 6.45) is 0.0367. The number of rotatable bonds is 5. The van der Waals surface area contributed by atoms with Crippen molar-refractivity contribution in [3.63, 3.8) is 0 Å². The molecule has 0 radical (unpaired) electrons.